The predicted molar refractivity (Wildman–Crippen MR) is 82.5 cm³/mol. The minimum Gasteiger partial charge on any atom is -0.464 e. The van der Waals surface area contributed by atoms with Gasteiger partial charge in [-0.2, -0.15) is 9.97 Å². The van der Waals surface area contributed by atoms with Crippen molar-refractivity contribution in [2.45, 2.75) is 6.92 Å². The molecule has 0 bridgehead atoms. The highest BCUT2D eigenvalue weighted by molar-refractivity contribution is 9.11. The van der Waals surface area contributed by atoms with Crippen LogP contribution >= 0.6 is 31.9 Å². The van der Waals surface area contributed by atoms with E-state index < -0.39 is 0 Å². The molecule has 2 rings (SSSR count). The fraction of sp³-hybridized carbons (Fsp3) is 0.250. The van der Waals surface area contributed by atoms with E-state index in [1.54, 1.807) is 13.1 Å². The zero-order chi connectivity index (χ0) is 14.5. The third-order valence-electron chi connectivity index (χ3n) is 2.19. The smallest absolute Gasteiger partial charge is 0.330 e. The van der Waals surface area contributed by atoms with Crippen LogP contribution in [-0.2, 0) is 0 Å². The average Bonchev–Trinajstić information content (AvgIpc) is 2.42. The van der Waals surface area contributed by atoms with Gasteiger partial charge >= 0.3 is 12.0 Å². The summed E-state index contributed by atoms with van der Waals surface area (Å²) in [4.78, 5) is 12.3. The first kappa shape index (κ1) is 15.0. The molecule has 0 fully saturated rings. The molecule has 0 aliphatic carbocycles. The van der Waals surface area contributed by atoms with Crippen LogP contribution in [0.25, 0.3) is 0 Å². The van der Waals surface area contributed by atoms with Gasteiger partial charge < -0.3 is 14.8 Å². The molecule has 0 aliphatic heterocycles. The minimum atomic E-state index is 0.163. The van der Waals surface area contributed by atoms with Gasteiger partial charge in [-0.25, -0.2) is 0 Å². The van der Waals surface area contributed by atoms with E-state index in [2.05, 4.69) is 52.1 Å². The molecule has 0 saturated heterocycles. The molecule has 1 heterocycles. The lowest BCUT2D eigenvalue weighted by Gasteiger charge is -2.09. The number of nitrogens with one attached hydrogen (secondary N) is 1. The van der Waals surface area contributed by atoms with E-state index in [0.717, 1.165) is 8.95 Å². The largest absolute Gasteiger partial charge is 0.464 e. The highest BCUT2D eigenvalue weighted by atomic mass is 79.9. The highest BCUT2D eigenvalue weighted by Crippen LogP contribution is 2.31. The van der Waals surface area contributed by atoms with Crippen molar-refractivity contribution >= 4 is 37.8 Å². The van der Waals surface area contributed by atoms with E-state index in [1.807, 2.05) is 19.1 Å². The summed E-state index contributed by atoms with van der Waals surface area (Å²) in [6.45, 7) is 2.32. The van der Waals surface area contributed by atoms with Crippen LogP contribution in [0.5, 0.6) is 17.8 Å². The number of rotatable bonds is 5. The second kappa shape index (κ2) is 6.85. The number of ether oxygens (including phenoxy) is 2. The third kappa shape index (κ3) is 3.80. The molecule has 8 heteroatoms. The number of hydrogen-bond donors (Lipinski definition) is 1. The summed E-state index contributed by atoms with van der Waals surface area (Å²) >= 11 is 6.80. The second-order valence-corrected chi connectivity index (χ2v) is 5.35. The maximum Gasteiger partial charge on any atom is 0.330 e. The van der Waals surface area contributed by atoms with Crippen LogP contribution in [-0.4, -0.2) is 28.6 Å². The van der Waals surface area contributed by atoms with Crippen LogP contribution < -0.4 is 14.8 Å². The fourth-order valence-electron chi connectivity index (χ4n) is 1.35. The molecule has 1 aromatic carbocycles. The Morgan fingerprint density at radius 3 is 2.55 bits per heavy atom. The van der Waals surface area contributed by atoms with Crippen LogP contribution in [0.3, 0.4) is 0 Å². The van der Waals surface area contributed by atoms with E-state index in [9.17, 15) is 0 Å². The third-order valence-corrected chi connectivity index (χ3v) is 3.30. The second-order valence-electron chi connectivity index (χ2n) is 3.58. The van der Waals surface area contributed by atoms with Gasteiger partial charge in [0.05, 0.1) is 11.1 Å². The summed E-state index contributed by atoms with van der Waals surface area (Å²) in [6.07, 6.45) is 0. The van der Waals surface area contributed by atoms with Crippen LogP contribution in [0, 0.1) is 0 Å². The minimum absolute atomic E-state index is 0.163. The number of nitrogens with zero attached hydrogens (tertiary/aromatic N) is 3. The van der Waals surface area contributed by atoms with Crippen molar-refractivity contribution in [2.24, 2.45) is 0 Å². The van der Waals surface area contributed by atoms with Crippen molar-refractivity contribution in [2.75, 3.05) is 19.0 Å². The average molecular weight is 404 g/mol. The molecule has 6 nitrogen and oxygen atoms in total. The first-order valence-electron chi connectivity index (χ1n) is 5.82. The van der Waals surface area contributed by atoms with Crippen LogP contribution in [0.1, 0.15) is 6.92 Å². The first-order valence-corrected chi connectivity index (χ1v) is 7.40. The summed E-state index contributed by atoms with van der Waals surface area (Å²) in [5, 5.41) is 2.83. The molecule has 0 unspecified atom stereocenters. The Balaban J connectivity index is 2.29. The van der Waals surface area contributed by atoms with E-state index in [1.165, 1.54) is 0 Å². The Kier molecular flexibility index (Phi) is 5.13. The van der Waals surface area contributed by atoms with Crippen molar-refractivity contribution in [3.8, 4) is 17.8 Å². The summed E-state index contributed by atoms with van der Waals surface area (Å²) < 4.78 is 12.6. The van der Waals surface area contributed by atoms with Crippen molar-refractivity contribution in [1.82, 2.24) is 15.0 Å². The Hall–Kier alpha value is -1.41. The number of hydrogen-bond acceptors (Lipinski definition) is 6. The molecule has 0 aliphatic rings. The molecule has 0 spiro atoms. The van der Waals surface area contributed by atoms with E-state index >= 15 is 0 Å². The number of anilines is 1. The topological polar surface area (TPSA) is 69.2 Å². The van der Waals surface area contributed by atoms with Crippen molar-refractivity contribution in [3.05, 3.63) is 27.1 Å². The molecular weight excluding hydrogens is 392 g/mol. The Bertz CT molecular complexity index is 610. The molecular formula is C12H12Br2N4O2. The van der Waals surface area contributed by atoms with E-state index in [4.69, 9.17) is 9.47 Å². The lowest BCUT2D eigenvalue weighted by atomic mass is 10.3. The molecule has 1 N–H and O–H groups in total. The van der Waals surface area contributed by atoms with Gasteiger partial charge in [0, 0.05) is 11.5 Å². The van der Waals surface area contributed by atoms with Crippen molar-refractivity contribution in [1.29, 1.82) is 0 Å². The van der Waals surface area contributed by atoms with Gasteiger partial charge in [0.25, 0.3) is 0 Å². The maximum atomic E-state index is 5.64. The maximum absolute atomic E-state index is 5.64. The molecule has 20 heavy (non-hydrogen) atoms. The van der Waals surface area contributed by atoms with Gasteiger partial charge in [-0.3, -0.25) is 0 Å². The zero-order valence-electron chi connectivity index (χ0n) is 10.9. The van der Waals surface area contributed by atoms with Gasteiger partial charge in [-0.05, 0) is 41.1 Å². The molecule has 1 aromatic heterocycles. The lowest BCUT2D eigenvalue weighted by Crippen LogP contribution is -2.05. The normalized spacial score (nSPS) is 10.2. The summed E-state index contributed by atoms with van der Waals surface area (Å²) in [7, 11) is 1.71. The Morgan fingerprint density at radius 2 is 1.90 bits per heavy atom. The van der Waals surface area contributed by atoms with Gasteiger partial charge in [0.1, 0.15) is 5.75 Å². The monoisotopic (exact) mass is 402 g/mol. The van der Waals surface area contributed by atoms with Crippen molar-refractivity contribution in [3.63, 3.8) is 0 Å². The van der Waals surface area contributed by atoms with Crippen LogP contribution in [0.2, 0.25) is 0 Å². The summed E-state index contributed by atoms with van der Waals surface area (Å²) in [5.41, 5.74) is 0. The Morgan fingerprint density at radius 1 is 1.15 bits per heavy atom. The lowest BCUT2D eigenvalue weighted by molar-refractivity contribution is 0.303. The predicted octanol–water partition coefficient (Wildman–Crippen LogP) is 3.63. The van der Waals surface area contributed by atoms with Gasteiger partial charge in [-0.15, -0.1) is 4.98 Å². The first-order chi connectivity index (χ1) is 9.62. The SMILES string of the molecule is CCOc1nc(NC)nc(Oc2ccc(Br)cc2Br)n1. The molecule has 2 aromatic rings. The summed E-state index contributed by atoms with van der Waals surface area (Å²) in [6, 6.07) is 5.92. The quantitative estimate of drug-likeness (QED) is 0.821. The van der Waals surface area contributed by atoms with E-state index in [0.29, 0.717) is 18.3 Å². The molecule has 0 amide bonds. The zero-order valence-corrected chi connectivity index (χ0v) is 14.0. The van der Waals surface area contributed by atoms with Gasteiger partial charge in [0.2, 0.25) is 5.95 Å². The van der Waals surface area contributed by atoms with Crippen LogP contribution in [0.4, 0.5) is 5.95 Å². The number of benzene rings is 1. The molecule has 0 atom stereocenters. The molecule has 0 radical (unpaired) electrons. The molecule has 106 valence electrons. The van der Waals surface area contributed by atoms with Gasteiger partial charge in [-0.1, -0.05) is 15.9 Å². The van der Waals surface area contributed by atoms with Crippen molar-refractivity contribution < 1.29 is 9.47 Å². The fourth-order valence-corrected chi connectivity index (χ4v) is 2.47. The van der Waals surface area contributed by atoms with Gasteiger partial charge in [0.15, 0.2) is 0 Å². The number of halogens is 2. The standard InChI is InChI=1S/C12H12Br2N4O2/c1-3-19-11-16-10(15-2)17-12(18-11)20-9-5-4-7(13)6-8(9)14/h4-6H,3H2,1-2H3,(H,15,16,17,18). The number of aromatic nitrogens is 3. The van der Waals surface area contributed by atoms with Crippen LogP contribution in [0.15, 0.2) is 27.1 Å². The summed E-state index contributed by atoms with van der Waals surface area (Å²) in [5.74, 6) is 0.982. The Labute approximate surface area is 133 Å². The highest BCUT2D eigenvalue weighted by Gasteiger charge is 2.10. The van der Waals surface area contributed by atoms with E-state index in [-0.39, 0.29) is 12.0 Å². The molecule has 0 saturated carbocycles.